The van der Waals surface area contributed by atoms with E-state index < -0.39 is 16.6 Å². The van der Waals surface area contributed by atoms with Crippen LogP contribution < -0.4 is 8.85 Å². The minimum absolute atomic E-state index is 0.0850. The predicted octanol–water partition coefficient (Wildman–Crippen LogP) is 4.95. The molecule has 0 aromatic carbocycles. The molecule has 5 nitrogen and oxygen atoms in total. The van der Waals surface area contributed by atoms with Crippen LogP contribution in [0.25, 0.3) is 0 Å². The van der Waals surface area contributed by atoms with Gasteiger partial charge in [-0.3, -0.25) is 0 Å². The van der Waals surface area contributed by atoms with E-state index in [0.717, 1.165) is 0 Å². The molecule has 0 amide bonds. The lowest BCUT2D eigenvalue weighted by Crippen LogP contribution is -2.45. The maximum absolute atomic E-state index is 6.30. The van der Waals surface area contributed by atoms with Crippen LogP contribution in [0.2, 0.25) is 36.3 Å². The summed E-state index contributed by atoms with van der Waals surface area (Å²) in [6.45, 7) is 23.8. The second kappa shape index (κ2) is 6.16. The highest BCUT2D eigenvalue weighted by Gasteiger charge is 2.41. The summed E-state index contributed by atoms with van der Waals surface area (Å²) < 4.78 is 12.5. The van der Waals surface area contributed by atoms with Gasteiger partial charge in [-0.2, -0.15) is 4.98 Å². The van der Waals surface area contributed by atoms with Gasteiger partial charge in [0.05, 0.1) is 0 Å². The van der Waals surface area contributed by atoms with Crippen molar-refractivity contribution < 1.29 is 8.85 Å². The molecule has 0 aliphatic rings. The monoisotopic (exact) mass is 355 g/mol. The smallest absolute Gasteiger partial charge is 0.325 e. The van der Waals surface area contributed by atoms with Gasteiger partial charge in [-0.15, -0.1) is 5.10 Å². The van der Waals surface area contributed by atoms with E-state index >= 15 is 0 Å². The van der Waals surface area contributed by atoms with Crippen molar-refractivity contribution in [1.29, 1.82) is 0 Å². The van der Waals surface area contributed by atoms with Gasteiger partial charge in [0, 0.05) is 0 Å². The number of rotatable bonds is 4. The van der Waals surface area contributed by atoms with Crippen LogP contribution in [0.1, 0.15) is 47.2 Å². The summed E-state index contributed by atoms with van der Waals surface area (Å²) in [4.78, 5) is 4.52. The predicted molar refractivity (Wildman–Crippen MR) is 100 cm³/mol. The van der Waals surface area contributed by atoms with E-state index in [-0.39, 0.29) is 10.1 Å². The fourth-order valence-corrected chi connectivity index (χ4v) is 3.10. The maximum Gasteiger partial charge on any atom is 0.325 e. The Labute approximate surface area is 143 Å². The molecule has 1 aromatic rings. The number of hydrogen-bond donors (Lipinski definition) is 0. The molecule has 1 rings (SSSR count). The SMILES string of the molecule is Cc1nnc(O[Si](C)(C)C(C)(C)C)nc1O[Si](C)(C)C(C)(C)C. The van der Waals surface area contributed by atoms with E-state index in [4.69, 9.17) is 8.85 Å². The van der Waals surface area contributed by atoms with Gasteiger partial charge in [-0.05, 0) is 43.2 Å². The highest BCUT2D eigenvalue weighted by Crippen LogP contribution is 2.39. The molecule has 1 heterocycles. The number of hydrogen-bond acceptors (Lipinski definition) is 5. The number of aromatic nitrogens is 3. The molecule has 1 aromatic heterocycles. The molecule has 0 aliphatic carbocycles. The van der Waals surface area contributed by atoms with Gasteiger partial charge in [0.2, 0.25) is 5.88 Å². The Morgan fingerprint density at radius 2 is 1.17 bits per heavy atom. The Balaban J connectivity index is 3.10. The molecule has 0 aliphatic heterocycles. The van der Waals surface area contributed by atoms with Gasteiger partial charge in [0.15, 0.2) is 0 Å². The third-order valence-corrected chi connectivity index (χ3v) is 13.7. The minimum atomic E-state index is -1.99. The quantitative estimate of drug-likeness (QED) is 0.715. The van der Waals surface area contributed by atoms with Crippen molar-refractivity contribution in [2.75, 3.05) is 0 Å². The number of aryl methyl sites for hydroxylation is 1. The summed E-state index contributed by atoms with van der Waals surface area (Å²) in [5.74, 6) is 0.556. The van der Waals surface area contributed by atoms with Crippen molar-refractivity contribution in [3.05, 3.63) is 5.69 Å². The van der Waals surface area contributed by atoms with E-state index in [1.807, 2.05) is 6.92 Å². The first kappa shape index (κ1) is 20.1. The van der Waals surface area contributed by atoms with Crippen LogP contribution >= 0.6 is 0 Å². The molecular formula is C16H33N3O2Si2. The van der Waals surface area contributed by atoms with Crippen molar-refractivity contribution in [2.24, 2.45) is 0 Å². The Morgan fingerprint density at radius 1 is 0.739 bits per heavy atom. The zero-order valence-electron chi connectivity index (χ0n) is 16.7. The van der Waals surface area contributed by atoms with Crippen LogP contribution in [0.15, 0.2) is 0 Å². The van der Waals surface area contributed by atoms with Crippen LogP contribution in [-0.2, 0) is 0 Å². The Hall–Kier alpha value is -0.956. The summed E-state index contributed by atoms with van der Waals surface area (Å²) in [5, 5.41) is 8.50. The van der Waals surface area contributed by atoms with Crippen molar-refractivity contribution in [3.8, 4) is 11.9 Å². The van der Waals surface area contributed by atoms with Gasteiger partial charge in [-0.25, -0.2) is 0 Å². The van der Waals surface area contributed by atoms with Gasteiger partial charge in [0.25, 0.3) is 16.6 Å². The molecule has 0 spiro atoms. The molecule has 0 unspecified atom stereocenters. The fraction of sp³-hybridized carbons (Fsp3) is 0.812. The zero-order valence-corrected chi connectivity index (χ0v) is 18.7. The molecule has 23 heavy (non-hydrogen) atoms. The summed E-state index contributed by atoms with van der Waals surface area (Å²) in [5.41, 5.74) is 0.706. The van der Waals surface area contributed by atoms with Crippen molar-refractivity contribution in [3.63, 3.8) is 0 Å². The highest BCUT2D eigenvalue weighted by molar-refractivity contribution is 6.75. The van der Waals surface area contributed by atoms with Crippen molar-refractivity contribution in [2.45, 2.75) is 84.7 Å². The third-order valence-electron chi connectivity index (χ3n) is 5.10. The standard InChI is InChI=1S/C16H33N3O2Si2/c1-12-13(20-22(8,9)15(2,3)4)17-14(19-18-12)21-23(10,11)16(5,6)7/h1-11H3. The second-order valence-electron chi connectivity index (χ2n) is 9.21. The van der Waals surface area contributed by atoms with E-state index in [0.29, 0.717) is 17.6 Å². The summed E-state index contributed by atoms with van der Waals surface area (Å²) in [6, 6.07) is 0.330. The lowest BCUT2D eigenvalue weighted by atomic mass is 10.2. The number of nitrogens with zero attached hydrogens (tertiary/aromatic N) is 3. The molecule has 0 saturated heterocycles. The largest absolute Gasteiger partial charge is 0.529 e. The lowest BCUT2D eigenvalue weighted by molar-refractivity contribution is 0.420. The van der Waals surface area contributed by atoms with Crippen LogP contribution in [-0.4, -0.2) is 31.8 Å². The van der Waals surface area contributed by atoms with Crippen LogP contribution in [0.5, 0.6) is 11.9 Å². The van der Waals surface area contributed by atoms with Gasteiger partial charge < -0.3 is 8.85 Å². The third kappa shape index (κ3) is 4.76. The van der Waals surface area contributed by atoms with Crippen LogP contribution in [0.4, 0.5) is 0 Å². The average Bonchev–Trinajstić information content (AvgIpc) is 2.29. The zero-order chi connectivity index (χ0) is 18.3. The molecule has 0 radical (unpaired) electrons. The van der Waals surface area contributed by atoms with E-state index in [9.17, 15) is 0 Å². The summed E-state index contributed by atoms with van der Waals surface area (Å²) in [7, 11) is -3.96. The van der Waals surface area contributed by atoms with E-state index in [2.05, 4.69) is 82.9 Å². The molecule has 0 N–H and O–H groups in total. The first-order valence-corrected chi connectivity index (χ1v) is 14.0. The van der Waals surface area contributed by atoms with Crippen molar-refractivity contribution >= 4 is 16.6 Å². The molecule has 7 heteroatoms. The summed E-state index contributed by atoms with van der Waals surface area (Å²) >= 11 is 0. The molecular weight excluding hydrogens is 322 g/mol. The first-order chi connectivity index (χ1) is 10.1. The molecule has 132 valence electrons. The molecule has 0 atom stereocenters. The fourth-order valence-electron chi connectivity index (χ4n) is 1.27. The normalized spacial score (nSPS) is 13.9. The van der Waals surface area contributed by atoms with E-state index in [1.165, 1.54) is 0 Å². The highest BCUT2D eigenvalue weighted by atomic mass is 28.4. The Bertz CT molecular complexity index is 561. The first-order valence-electron chi connectivity index (χ1n) is 8.16. The summed E-state index contributed by atoms with van der Waals surface area (Å²) in [6.07, 6.45) is 0. The minimum Gasteiger partial charge on any atom is -0.529 e. The molecule has 0 fully saturated rings. The Kier molecular flexibility index (Phi) is 5.38. The molecule has 0 saturated carbocycles. The van der Waals surface area contributed by atoms with Gasteiger partial charge in [0.1, 0.15) is 5.69 Å². The average molecular weight is 356 g/mol. The topological polar surface area (TPSA) is 57.1 Å². The van der Waals surface area contributed by atoms with Gasteiger partial charge >= 0.3 is 6.01 Å². The molecule has 0 bridgehead atoms. The van der Waals surface area contributed by atoms with Crippen molar-refractivity contribution in [1.82, 2.24) is 15.2 Å². The van der Waals surface area contributed by atoms with E-state index in [1.54, 1.807) is 0 Å². The van der Waals surface area contributed by atoms with Crippen LogP contribution in [0, 0.1) is 6.92 Å². The Morgan fingerprint density at radius 3 is 1.61 bits per heavy atom. The van der Waals surface area contributed by atoms with Crippen LogP contribution in [0.3, 0.4) is 0 Å². The second-order valence-corrected chi connectivity index (χ2v) is 18.7. The van der Waals surface area contributed by atoms with Gasteiger partial charge in [-0.1, -0.05) is 46.6 Å². The lowest BCUT2D eigenvalue weighted by Gasteiger charge is -2.37. The maximum atomic E-state index is 6.30.